The molecule has 0 aliphatic rings. The van der Waals surface area contributed by atoms with E-state index in [0.717, 1.165) is 6.07 Å². The first-order chi connectivity index (χ1) is 10.3. The van der Waals surface area contributed by atoms with Gasteiger partial charge in [0.25, 0.3) is 0 Å². The van der Waals surface area contributed by atoms with Crippen LogP contribution >= 0.6 is 0 Å². The van der Waals surface area contributed by atoms with Crippen molar-refractivity contribution in [1.82, 2.24) is 0 Å². The van der Waals surface area contributed by atoms with Crippen molar-refractivity contribution >= 4 is 17.6 Å². The van der Waals surface area contributed by atoms with Gasteiger partial charge < -0.3 is 20.3 Å². The molecule has 1 aromatic carbocycles. The second-order valence-electron chi connectivity index (χ2n) is 5.35. The van der Waals surface area contributed by atoms with Crippen molar-refractivity contribution in [1.29, 1.82) is 0 Å². The molecule has 9 heteroatoms. The topological polar surface area (TPSA) is 89.5 Å². The fourth-order valence-corrected chi connectivity index (χ4v) is 1.85. The molecule has 0 saturated heterocycles. The van der Waals surface area contributed by atoms with Gasteiger partial charge in [-0.3, -0.25) is 4.79 Å². The number of alkyl halides is 3. The molecule has 1 amide bonds. The first kappa shape index (κ1) is 18.9. The minimum absolute atomic E-state index is 0.334. The molecule has 23 heavy (non-hydrogen) atoms. The Labute approximate surface area is 128 Å². The highest BCUT2D eigenvalue weighted by molar-refractivity contribution is 6.05. The first-order valence-corrected chi connectivity index (χ1v) is 6.45. The van der Waals surface area contributed by atoms with Gasteiger partial charge in [-0.2, -0.15) is 13.2 Å². The molecule has 1 unspecified atom stereocenters. The Morgan fingerprint density at radius 3 is 2.17 bits per heavy atom. The standard InChI is InChI=1S/C14H15F4NO4/c1-6(2)11(20)9-8(19-12(21)22)5-4-7(10(9)15)13(3,23)14(16,17)18/h4-6,19,23H,1-3H3,(H,21,22)/p-1. The molecule has 0 aliphatic heterocycles. The van der Waals surface area contributed by atoms with Crippen LogP contribution in [0.3, 0.4) is 0 Å². The van der Waals surface area contributed by atoms with Crippen LogP contribution in [0.5, 0.6) is 0 Å². The molecule has 128 valence electrons. The lowest BCUT2D eigenvalue weighted by molar-refractivity contribution is -0.259. The molecule has 0 heterocycles. The van der Waals surface area contributed by atoms with E-state index in [4.69, 9.17) is 0 Å². The molecule has 0 radical (unpaired) electrons. The fraction of sp³-hybridized carbons (Fsp3) is 0.429. The number of carboxylic acid groups (broad SMARTS) is 1. The number of hydrogen-bond acceptors (Lipinski definition) is 4. The molecule has 1 atom stereocenters. The van der Waals surface area contributed by atoms with Gasteiger partial charge in [0.1, 0.15) is 11.9 Å². The molecule has 0 spiro atoms. The smallest absolute Gasteiger partial charge is 0.421 e. The Hall–Kier alpha value is -2.16. The van der Waals surface area contributed by atoms with Crippen molar-refractivity contribution < 1.29 is 37.4 Å². The Bertz CT molecular complexity index is 638. The molecule has 0 aliphatic carbocycles. The Morgan fingerprint density at radius 2 is 1.78 bits per heavy atom. The maximum atomic E-state index is 14.5. The highest BCUT2D eigenvalue weighted by Crippen LogP contribution is 2.41. The van der Waals surface area contributed by atoms with Crippen LogP contribution in [-0.4, -0.2) is 23.2 Å². The average molecular weight is 336 g/mol. The van der Waals surface area contributed by atoms with Gasteiger partial charge in [0.15, 0.2) is 11.4 Å². The van der Waals surface area contributed by atoms with Crippen LogP contribution in [0.1, 0.15) is 36.7 Å². The number of anilines is 1. The zero-order valence-electron chi connectivity index (χ0n) is 12.4. The van der Waals surface area contributed by atoms with Gasteiger partial charge in [0.2, 0.25) is 0 Å². The third-order valence-electron chi connectivity index (χ3n) is 3.23. The van der Waals surface area contributed by atoms with E-state index in [1.807, 2.05) is 0 Å². The molecule has 5 nitrogen and oxygen atoms in total. The molecule has 0 fully saturated rings. The van der Waals surface area contributed by atoms with E-state index < -0.39 is 52.2 Å². The Balaban J connectivity index is 3.65. The number of ketones is 1. The minimum Gasteiger partial charge on any atom is -0.530 e. The molecule has 0 bridgehead atoms. The number of Topliss-reactive ketones (excluding diaryl/α,β-unsaturated/α-hetero) is 1. The van der Waals surface area contributed by atoms with E-state index in [1.54, 1.807) is 5.32 Å². The zero-order valence-corrected chi connectivity index (χ0v) is 12.4. The lowest BCUT2D eigenvalue weighted by Gasteiger charge is -2.28. The number of rotatable bonds is 4. The number of halogens is 4. The highest BCUT2D eigenvalue weighted by atomic mass is 19.4. The van der Waals surface area contributed by atoms with Crippen molar-refractivity contribution in [2.75, 3.05) is 5.32 Å². The average Bonchev–Trinajstić information content (AvgIpc) is 2.35. The number of hydrogen-bond donors (Lipinski definition) is 2. The zero-order chi connectivity index (χ0) is 18.2. The van der Waals surface area contributed by atoms with Crippen molar-refractivity contribution in [3.63, 3.8) is 0 Å². The number of carbonyl (C=O) groups is 2. The van der Waals surface area contributed by atoms with Crippen molar-refractivity contribution in [3.05, 3.63) is 29.1 Å². The fourth-order valence-electron chi connectivity index (χ4n) is 1.85. The van der Waals surface area contributed by atoms with E-state index in [0.29, 0.717) is 13.0 Å². The largest absolute Gasteiger partial charge is 0.530 e. The predicted molar refractivity (Wildman–Crippen MR) is 70.2 cm³/mol. The third kappa shape index (κ3) is 3.61. The normalized spacial score (nSPS) is 14.5. The van der Waals surface area contributed by atoms with Gasteiger partial charge in [0, 0.05) is 11.5 Å². The van der Waals surface area contributed by atoms with Crippen molar-refractivity contribution in [2.45, 2.75) is 32.5 Å². The summed E-state index contributed by atoms with van der Waals surface area (Å²) in [5.74, 6) is -3.39. The number of nitrogens with one attached hydrogen (secondary N) is 1. The highest BCUT2D eigenvalue weighted by Gasteiger charge is 2.53. The summed E-state index contributed by atoms with van der Waals surface area (Å²) in [6.07, 6.45) is -7.06. The summed E-state index contributed by atoms with van der Waals surface area (Å²) in [6, 6.07) is 1.33. The third-order valence-corrected chi connectivity index (χ3v) is 3.23. The molecule has 2 N–H and O–H groups in total. The second kappa shape index (κ2) is 6.15. The summed E-state index contributed by atoms with van der Waals surface area (Å²) in [5.41, 5.74) is -6.17. The molecular weight excluding hydrogens is 322 g/mol. The molecule has 0 saturated carbocycles. The monoisotopic (exact) mass is 336 g/mol. The number of aliphatic hydroxyl groups is 1. The Morgan fingerprint density at radius 1 is 1.26 bits per heavy atom. The van der Waals surface area contributed by atoms with Gasteiger partial charge >= 0.3 is 6.18 Å². The molecule has 0 aromatic heterocycles. The van der Waals surface area contributed by atoms with Gasteiger partial charge in [0.05, 0.1) is 11.3 Å². The van der Waals surface area contributed by atoms with E-state index in [2.05, 4.69) is 0 Å². The lowest BCUT2D eigenvalue weighted by atomic mass is 9.89. The van der Waals surface area contributed by atoms with Crippen LogP contribution < -0.4 is 10.4 Å². The van der Waals surface area contributed by atoms with Crippen molar-refractivity contribution in [2.24, 2.45) is 5.92 Å². The summed E-state index contributed by atoms with van der Waals surface area (Å²) < 4.78 is 53.1. The number of amides is 1. The van der Waals surface area contributed by atoms with Crippen molar-refractivity contribution in [3.8, 4) is 0 Å². The molecule has 1 aromatic rings. The molecule has 1 rings (SSSR count). The van der Waals surface area contributed by atoms with E-state index in [9.17, 15) is 37.4 Å². The van der Waals surface area contributed by atoms with Crippen LogP contribution in [0.25, 0.3) is 0 Å². The minimum atomic E-state index is -5.20. The maximum absolute atomic E-state index is 14.5. The van der Waals surface area contributed by atoms with E-state index in [1.165, 1.54) is 13.8 Å². The first-order valence-electron chi connectivity index (χ1n) is 6.45. The second-order valence-corrected chi connectivity index (χ2v) is 5.35. The van der Waals surface area contributed by atoms with Crippen LogP contribution in [0.2, 0.25) is 0 Å². The predicted octanol–water partition coefficient (Wildman–Crippen LogP) is 2.19. The summed E-state index contributed by atoms with van der Waals surface area (Å²) in [6.45, 7) is 3.05. The Kier molecular flexibility index (Phi) is 5.05. The summed E-state index contributed by atoms with van der Waals surface area (Å²) in [4.78, 5) is 22.6. The van der Waals surface area contributed by atoms with Crippen LogP contribution in [0, 0.1) is 11.7 Å². The lowest BCUT2D eigenvalue weighted by Crippen LogP contribution is -2.40. The number of benzene rings is 1. The van der Waals surface area contributed by atoms with E-state index in [-0.39, 0.29) is 0 Å². The van der Waals surface area contributed by atoms with Crippen LogP contribution in [0.15, 0.2) is 12.1 Å². The van der Waals surface area contributed by atoms with Gasteiger partial charge in [-0.15, -0.1) is 0 Å². The summed E-state index contributed by atoms with van der Waals surface area (Å²) in [7, 11) is 0. The van der Waals surface area contributed by atoms with Crippen LogP contribution in [-0.2, 0) is 5.60 Å². The summed E-state index contributed by atoms with van der Waals surface area (Å²) >= 11 is 0. The van der Waals surface area contributed by atoms with Gasteiger partial charge in [-0.25, -0.2) is 4.39 Å². The van der Waals surface area contributed by atoms with Gasteiger partial charge in [-0.05, 0) is 13.0 Å². The number of carbonyl (C=O) groups excluding carboxylic acids is 2. The summed E-state index contributed by atoms with van der Waals surface area (Å²) in [5, 5.41) is 21.8. The van der Waals surface area contributed by atoms with E-state index >= 15 is 0 Å². The quantitative estimate of drug-likeness (QED) is 0.651. The maximum Gasteiger partial charge on any atom is 0.421 e. The molecular formula is C14H14F4NO4-. The SMILES string of the molecule is CC(C)C(=O)c1c(NC(=O)[O-])ccc(C(C)(O)C(F)(F)F)c1F. The van der Waals surface area contributed by atoms with Crippen LogP contribution in [0.4, 0.5) is 28.0 Å². The van der Waals surface area contributed by atoms with Gasteiger partial charge in [-0.1, -0.05) is 19.9 Å².